The molecule has 1 unspecified atom stereocenters. The van der Waals surface area contributed by atoms with Gasteiger partial charge in [0.25, 0.3) is 5.69 Å². The third kappa shape index (κ3) is 5.92. The zero-order valence-electron chi connectivity index (χ0n) is 20.6. The number of nitrogens with zero attached hydrogens (tertiary/aromatic N) is 3. The van der Waals surface area contributed by atoms with Crippen LogP contribution in [0.2, 0.25) is 0 Å². The van der Waals surface area contributed by atoms with Gasteiger partial charge in [0.1, 0.15) is 5.69 Å². The van der Waals surface area contributed by atoms with E-state index in [0.29, 0.717) is 6.42 Å². The number of nitro benzene ring substituents is 1. The fourth-order valence-corrected chi connectivity index (χ4v) is 6.08. The van der Waals surface area contributed by atoms with Gasteiger partial charge in [-0.25, -0.2) is 8.42 Å². The molecule has 36 heavy (non-hydrogen) atoms. The van der Waals surface area contributed by atoms with Gasteiger partial charge in [0, 0.05) is 19.2 Å². The molecule has 0 radical (unpaired) electrons. The molecule has 0 spiro atoms. The zero-order valence-corrected chi connectivity index (χ0v) is 21.4. The Morgan fingerprint density at radius 3 is 2.25 bits per heavy atom. The second-order valence-electron chi connectivity index (χ2n) is 9.29. The maximum absolute atomic E-state index is 13.4. The average molecular weight is 509 g/mol. The maximum atomic E-state index is 13.4. The molecule has 8 nitrogen and oxygen atoms in total. The molecule has 3 aromatic rings. The van der Waals surface area contributed by atoms with Gasteiger partial charge < -0.3 is 10.2 Å². The largest absolute Gasteiger partial charge is 0.372 e. The van der Waals surface area contributed by atoms with E-state index >= 15 is 0 Å². The van der Waals surface area contributed by atoms with E-state index in [1.807, 2.05) is 67.7 Å². The molecule has 0 aromatic heterocycles. The van der Waals surface area contributed by atoms with Crippen LogP contribution in [0, 0.1) is 10.1 Å². The van der Waals surface area contributed by atoms with Gasteiger partial charge in [0.15, 0.2) is 0 Å². The van der Waals surface area contributed by atoms with Gasteiger partial charge in [-0.2, -0.15) is 4.31 Å². The quantitative estimate of drug-likeness (QED) is 0.332. The van der Waals surface area contributed by atoms with E-state index < -0.39 is 14.9 Å². The third-order valence-corrected chi connectivity index (χ3v) is 8.77. The number of likely N-dealkylation sites (tertiary alicyclic amines) is 1. The van der Waals surface area contributed by atoms with Crippen molar-refractivity contribution in [3.8, 4) is 0 Å². The molecule has 0 saturated carbocycles. The summed E-state index contributed by atoms with van der Waals surface area (Å²) in [7, 11) is -0.297. The Labute approximate surface area is 212 Å². The van der Waals surface area contributed by atoms with Crippen LogP contribution in [0.3, 0.4) is 0 Å². The Kier molecular flexibility index (Phi) is 8.03. The minimum Gasteiger partial charge on any atom is -0.372 e. The highest BCUT2D eigenvalue weighted by Gasteiger charge is 2.32. The smallest absolute Gasteiger partial charge is 0.293 e. The summed E-state index contributed by atoms with van der Waals surface area (Å²) in [5.74, 6) is 0. The van der Waals surface area contributed by atoms with Crippen molar-refractivity contribution in [1.29, 1.82) is 0 Å². The van der Waals surface area contributed by atoms with E-state index in [9.17, 15) is 18.5 Å². The second kappa shape index (κ2) is 11.2. The molecule has 1 N–H and O–H groups in total. The number of anilines is 1. The molecule has 190 valence electrons. The average Bonchev–Trinajstić information content (AvgIpc) is 2.89. The zero-order chi connectivity index (χ0) is 25.7. The van der Waals surface area contributed by atoms with Gasteiger partial charge in [0.2, 0.25) is 10.0 Å². The SMILES string of the molecule is CN1CCC(N(C)S(=O)(=O)c2ccc(NC(Cc3ccccc3)c3ccccc3)c([N+](=O)[O-])c2)CC1. The summed E-state index contributed by atoms with van der Waals surface area (Å²) in [6.07, 6.45) is 2.07. The van der Waals surface area contributed by atoms with Crippen LogP contribution in [-0.2, 0) is 16.4 Å². The summed E-state index contributed by atoms with van der Waals surface area (Å²) in [5.41, 5.74) is 2.09. The van der Waals surface area contributed by atoms with Crippen molar-refractivity contribution >= 4 is 21.4 Å². The van der Waals surface area contributed by atoms with E-state index in [1.165, 1.54) is 22.5 Å². The van der Waals surface area contributed by atoms with Crippen LogP contribution in [0.4, 0.5) is 11.4 Å². The highest BCUT2D eigenvalue weighted by atomic mass is 32.2. The molecule has 1 aliphatic heterocycles. The molecule has 1 saturated heterocycles. The lowest BCUT2D eigenvalue weighted by Gasteiger charge is -2.34. The normalized spacial score (nSPS) is 16.1. The molecular weight excluding hydrogens is 476 g/mol. The maximum Gasteiger partial charge on any atom is 0.293 e. The van der Waals surface area contributed by atoms with E-state index in [1.54, 1.807) is 7.05 Å². The first-order valence-electron chi connectivity index (χ1n) is 12.1. The molecule has 1 aliphatic rings. The molecule has 3 aromatic carbocycles. The van der Waals surface area contributed by atoms with Crippen molar-refractivity contribution in [2.75, 3.05) is 32.5 Å². The minimum absolute atomic E-state index is 0.0690. The first-order chi connectivity index (χ1) is 17.3. The van der Waals surface area contributed by atoms with Crippen LogP contribution < -0.4 is 5.32 Å². The summed E-state index contributed by atoms with van der Waals surface area (Å²) in [4.78, 5) is 13.6. The summed E-state index contributed by atoms with van der Waals surface area (Å²) in [6, 6.07) is 23.4. The molecule has 1 fully saturated rings. The van der Waals surface area contributed by atoms with Gasteiger partial charge in [-0.05, 0) is 62.7 Å². The summed E-state index contributed by atoms with van der Waals surface area (Å²) in [5, 5.41) is 15.4. The number of rotatable bonds is 9. The molecule has 0 amide bonds. The highest BCUT2D eigenvalue weighted by molar-refractivity contribution is 7.89. The molecule has 0 aliphatic carbocycles. The topological polar surface area (TPSA) is 95.8 Å². The second-order valence-corrected chi connectivity index (χ2v) is 11.3. The van der Waals surface area contributed by atoms with Crippen molar-refractivity contribution in [3.63, 3.8) is 0 Å². The van der Waals surface area contributed by atoms with E-state index in [-0.39, 0.29) is 28.4 Å². The Hall–Kier alpha value is -3.27. The van der Waals surface area contributed by atoms with Crippen molar-refractivity contribution in [1.82, 2.24) is 9.21 Å². The predicted octanol–water partition coefficient (Wildman–Crippen LogP) is 4.71. The number of nitrogens with one attached hydrogen (secondary N) is 1. The molecule has 1 heterocycles. The van der Waals surface area contributed by atoms with Gasteiger partial charge in [-0.3, -0.25) is 10.1 Å². The van der Waals surface area contributed by atoms with Crippen molar-refractivity contribution in [2.45, 2.75) is 36.2 Å². The number of benzene rings is 3. The minimum atomic E-state index is -3.88. The molecule has 0 bridgehead atoms. The number of hydrogen-bond acceptors (Lipinski definition) is 6. The van der Waals surface area contributed by atoms with Crippen molar-refractivity contribution in [2.24, 2.45) is 0 Å². The highest BCUT2D eigenvalue weighted by Crippen LogP contribution is 2.33. The van der Waals surface area contributed by atoms with Crippen LogP contribution >= 0.6 is 0 Å². The van der Waals surface area contributed by atoms with Gasteiger partial charge >= 0.3 is 0 Å². The Bertz CT molecular complexity index is 1280. The van der Waals surface area contributed by atoms with Crippen LogP contribution in [-0.4, -0.2) is 55.8 Å². The molecule has 1 atom stereocenters. The lowest BCUT2D eigenvalue weighted by molar-refractivity contribution is -0.384. The van der Waals surface area contributed by atoms with Crippen molar-refractivity contribution in [3.05, 3.63) is 100 Å². The van der Waals surface area contributed by atoms with E-state index in [2.05, 4.69) is 10.2 Å². The lowest BCUT2D eigenvalue weighted by Crippen LogP contribution is -2.44. The van der Waals surface area contributed by atoms with Crippen LogP contribution in [0.15, 0.2) is 83.8 Å². The summed E-state index contributed by atoms with van der Waals surface area (Å²) < 4.78 is 28.1. The summed E-state index contributed by atoms with van der Waals surface area (Å²) >= 11 is 0. The van der Waals surface area contributed by atoms with Gasteiger partial charge in [-0.1, -0.05) is 60.7 Å². The number of hydrogen-bond donors (Lipinski definition) is 1. The fraction of sp³-hybridized carbons (Fsp3) is 0.333. The molecule has 9 heteroatoms. The fourth-order valence-electron chi connectivity index (χ4n) is 4.64. The number of nitro groups is 1. The third-order valence-electron chi connectivity index (χ3n) is 6.86. The molecule has 4 rings (SSSR count). The monoisotopic (exact) mass is 508 g/mol. The first-order valence-corrected chi connectivity index (χ1v) is 13.5. The standard InChI is InChI=1S/C27H32N4O4S/c1-29-17-15-23(16-18-29)30(2)36(34,35)24-13-14-25(27(20-24)31(32)33)28-26(22-11-7-4-8-12-22)19-21-9-5-3-6-10-21/h3-14,20,23,26,28H,15-19H2,1-2H3. The number of piperidine rings is 1. The van der Waals surface area contributed by atoms with Crippen LogP contribution in [0.25, 0.3) is 0 Å². The lowest BCUT2D eigenvalue weighted by atomic mass is 9.98. The van der Waals surface area contributed by atoms with Crippen LogP contribution in [0.1, 0.15) is 30.0 Å². The van der Waals surface area contributed by atoms with E-state index in [0.717, 1.165) is 37.1 Å². The Balaban J connectivity index is 1.63. The Morgan fingerprint density at radius 2 is 1.64 bits per heavy atom. The first kappa shape index (κ1) is 25.8. The van der Waals surface area contributed by atoms with Gasteiger partial charge in [0.05, 0.1) is 15.9 Å². The summed E-state index contributed by atoms with van der Waals surface area (Å²) in [6.45, 7) is 1.63. The van der Waals surface area contributed by atoms with Gasteiger partial charge in [-0.15, -0.1) is 0 Å². The molecular formula is C27H32N4O4S. The van der Waals surface area contributed by atoms with Crippen molar-refractivity contribution < 1.29 is 13.3 Å². The number of sulfonamides is 1. The predicted molar refractivity (Wildman–Crippen MR) is 142 cm³/mol. The Morgan fingerprint density at radius 1 is 1.03 bits per heavy atom. The van der Waals surface area contributed by atoms with E-state index in [4.69, 9.17) is 0 Å². The van der Waals surface area contributed by atoms with Crippen LogP contribution in [0.5, 0.6) is 0 Å².